The van der Waals surface area contributed by atoms with Crippen molar-refractivity contribution in [3.63, 3.8) is 0 Å². The first kappa shape index (κ1) is 18.2. The van der Waals surface area contributed by atoms with Crippen LogP contribution in [0.5, 0.6) is 0 Å². The van der Waals surface area contributed by atoms with Crippen molar-refractivity contribution in [3.8, 4) is 0 Å². The summed E-state index contributed by atoms with van der Waals surface area (Å²) in [6.07, 6.45) is 2.96. The molecule has 0 fully saturated rings. The van der Waals surface area contributed by atoms with Crippen LogP contribution in [0.3, 0.4) is 0 Å². The molecule has 3 aromatic rings. The highest BCUT2D eigenvalue weighted by Gasteiger charge is 2.14. The molecule has 9 heteroatoms. The molecule has 0 spiro atoms. The molecule has 0 aliphatic carbocycles. The Hall–Kier alpha value is -3.59. The van der Waals surface area contributed by atoms with Crippen LogP contribution < -0.4 is 4.72 Å². The predicted molar refractivity (Wildman–Crippen MR) is 102 cm³/mol. The Balaban J connectivity index is 1.75. The zero-order valence-corrected chi connectivity index (χ0v) is 14.7. The number of nitro groups is 1. The highest BCUT2D eigenvalue weighted by Crippen LogP contribution is 2.19. The van der Waals surface area contributed by atoms with Crippen molar-refractivity contribution in [2.75, 3.05) is 4.72 Å². The third-order valence-corrected chi connectivity index (χ3v) is 4.87. The number of benzene rings is 2. The number of rotatable bonds is 6. The van der Waals surface area contributed by atoms with Crippen LogP contribution in [0.1, 0.15) is 5.56 Å². The predicted octanol–water partition coefficient (Wildman–Crippen LogP) is 3.54. The zero-order chi connectivity index (χ0) is 19.3. The lowest BCUT2D eigenvalue weighted by Crippen LogP contribution is -2.13. The average molecular weight is 382 g/mol. The fraction of sp³-hybridized carbons (Fsp3) is 0. The van der Waals surface area contributed by atoms with Crippen molar-refractivity contribution in [1.82, 2.24) is 4.98 Å². The van der Waals surface area contributed by atoms with Crippen LogP contribution in [0, 0.1) is 10.1 Å². The van der Waals surface area contributed by atoms with Gasteiger partial charge in [0, 0.05) is 24.5 Å². The Kier molecular flexibility index (Phi) is 5.23. The van der Waals surface area contributed by atoms with Gasteiger partial charge < -0.3 is 0 Å². The molecule has 0 aliphatic heterocycles. The Morgan fingerprint density at radius 3 is 2.48 bits per heavy atom. The van der Waals surface area contributed by atoms with Crippen LogP contribution in [0.25, 0.3) is 0 Å². The van der Waals surface area contributed by atoms with E-state index in [1.807, 2.05) is 0 Å². The molecule has 136 valence electrons. The fourth-order valence-corrected chi connectivity index (χ4v) is 3.21. The topological polar surface area (TPSA) is 115 Å². The minimum Gasteiger partial charge on any atom is -0.263 e. The third kappa shape index (κ3) is 4.73. The largest absolute Gasteiger partial charge is 0.270 e. The quantitative estimate of drug-likeness (QED) is 0.398. The van der Waals surface area contributed by atoms with E-state index in [-0.39, 0.29) is 16.4 Å². The molecule has 0 bridgehead atoms. The van der Waals surface area contributed by atoms with E-state index >= 15 is 0 Å². The Bertz CT molecular complexity index is 1080. The molecule has 0 aliphatic rings. The average Bonchev–Trinajstić information content (AvgIpc) is 2.67. The molecule has 0 saturated carbocycles. The highest BCUT2D eigenvalue weighted by molar-refractivity contribution is 7.92. The maximum absolute atomic E-state index is 12.3. The van der Waals surface area contributed by atoms with Crippen LogP contribution in [0.2, 0.25) is 0 Å². The van der Waals surface area contributed by atoms with E-state index < -0.39 is 14.9 Å². The van der Waals surface area contributed by atoms with Crippen molar-refractivity contribution in [1.29, 1.82) is 0 Å². The summed E-state index contributed by atoms with van der Waals surface area (Å²) in [7, 11) is -3.75. The molecule has 0 amide bonds. The van der Waals surface area contributed by atoms with Gasteiger partial charge in [-0.15, -0.1) is 0 Å². The van der Waals surface area contributed by atoms with E-state index in [1.54, 1.807) is 42.5 Å². The van der Waals surface area contributed by atoms with Gasteiger partial charge in [0.25, 0.3) is 15.7 Å². The Morgan fingerprint density at radius 1 is 1.04 bits per heavy atom. The van der Waals surface area contributed by atoms with Crippen LogP contribution >= 0.6 is 0 Å². The van der Waals surface area contributed by atoms with Crippen LogP contribution in [0.15, 0.2) is 82.8 Å². The Labute approximate surface area is 155 Å². The molecule has 1 N–H and O–H groups in total. The van der Waals surface area contributed by atoms with Crippen molar-refractivity contribution in [2.45, 2.75) is 4.90 Å². The molecular weight excluding hydrogens is 368 g/mol. The molecule has 8 nitrogen and oxygen atoms in total. The number of nitrogens with zero attached hydrogens (tertiary/aromatic N) is 3. The summed E-state index contributed by atoms with van der Waals surface area (Å²) in [4.78, 5) is 18.5. The number of anilines is 1. The molecular formula is C18H14N4O4S. The number of aliphatic imine (C=N–C) groups is 1. The van der Waals surface area contributed by atoms with Gasteiger partial charge in [-0.25, -0.2) is 13.4 Å². The van der Waals surface area contributed by atoms with Crippen molar-refractivity contribution >= 4 is 33.4 Å². The van der Waals surface area contributed by atoms with E-state index in [1.165, 1.54) is 36.7 Å². The number of nitrogens with one attached hydrogen (secondary N) is 1. The standard InChI is InChI=1S/C18H14N4O4S/c23-22(24)16-5-3-4-14(12-16)13-20-15-7-9-17(10-8-15)27(25,26)21-18-6-1-2-11-19-18/h1-13H,(H,19,21). The number of nitro benzene ring substituents is 1. The molecule has 0 unspecified atom stereocenters. The molecule has 27 heavy (non-hydrogen) atoms. The van der Waals surface area contributed by atoms with Gasteiger partial charge >= 0.3 is 0 Å². The lowest BCUT2D eigenvalue weighted by Gasteiger charge is -2.07. The summed E-state index contributed by atoms with van der Waals surface area (Å²) in [5.41, 5.74) is 1.05. The summed E-state index contributed by atoms with van der Waals surface area (Å²) in [5, 5.41) is 10.8. The van der Waals surface area contributed by atoms with Gasteiger partial charge in [0.15, 0.2) is 0 Å². The minimum atomic E-state index is -3.75. The van der Waals surface area contributed by atoms with Gasteiger partial charge in [-0.3, -0.25) is 19.8 Å². The zero-order valence-electron chi connectivity index (χ0n) is 13.9. The monoisotopic (exact) mass is 382 g/mol. The van der Waals surface area contributed by atoms with E-state index in [2.05, 4.69) is 14.7 Å². The van der Waals surface area contributed by atoms with Gasteiger partial charge in [0.2, 0.25) is 0 Å². The summed E-state index contributed by atoms with van der Waals surface area (Å²) < 4.78 is 27.1. The second kappa shape index (κ2) is 7.75. The number of aromatic nitrogens is 1. The smallest absolute Gasteiger partial charge is 0.263 e. The highest BCUT2D eigenvalue weighted by atomic mass is 32.2. The molecule has 0 atom stereocenters. The number of hydrogen-bond acceptors (Lipinski definition) is 6. The van der Waals surface area contributed by atoms with Crippen molar-refractivity contribution in [2.24, 2.45) is 4.99 Å². The number of hydrogen-bond donors (Lipinski definition) is 1. The maximum Gasteiger partial charge on any atom is 0.270 e. The first-order chi connectivity index (χ1) is 12.9. The first-order valence-corrected chi connectivity index (χ1v) is 9.25. The minimum absolute atomic E-state index is 0.0269. The van der Waals surface area contributed by atoms with Crippen molar-refractivity contribution in [3.05, 3.63) is 88.6 Å². The molecule has 0 radical (unpaired) electrons. The summed E-state index contributed by atoms with van der Waals surface area (Å²) in [6, 6.07) is 16.9. The molecule has 1 aromatic heterocycles. The van der Waals surface area contributed by atoms with Gasteiger partial charge in [-0.1, -0.05) is 18.2 Å². The van der Waals surface area contributed by atoms with E-state index in [9.17, 15) is 18.5 Å². The lowest BCUT2D eigenvalue weighted by molar-refractivity contribution is -0.384. The Morgan fingerprint density at radius 2 is 1.81 bits per heavy atom. The SMILES string of the molecule is O=[N+]([O-])c1cccc(C=Nc2ccc(S(=O)(=O)Nc3ccccn3)cc2)c1. The third-order valence-electron chi connectivity index (χ3n) is 3.49. The van der Waals surface area contributed by atoms with Crippen LogP contribution in [-0.4, -0.2) is 24.5 Å². The summed E-state index contributed by atoms with van der Waals surface area (Å²) >= 11 is 0. The van der Waals surface area contributed by atoms with Gasteiger partial charge in [0.05, 0.1) is 15.5 Å². The number of pyridine rings is 1. The molecule has 2 aromatic carbocycles. The summed E-state index contributed by atoms with van der Waals surface area (Å²) in [6.45, 7) is 0. The second-order valence-electron chi connectivity index (χ2n) is 5.42. The normalized spacial score (nSPS) is 11.4. The molecule has 3 rings (SSSR count). The van der Waals surface area contributed by atoms with Crippen molar-refractivity contribution < 1.29 is 13.3 Å². The maximum atomic E-state index is 12.3. The first-order valence-electron chi connectivity index (χ1n) is 7.76. The van der Waals surface area contributed by atoms with E-state index in [0.717, 1.165) is 0 Å². The molecule has 0 saturated heterocycles. The van der Waals surface area contributed by atoms with Gasteiger partial charge in [-0.2, -0.15) is 0 Å². The molecule has 1 heterocycles. The van der Waals surface area contributed by atoms with Gasteiger partial charge in [-0.05, 0) is 42.0 Å². The number of sulfonamides is 1. The summed E-state index contributed by atoms with van der Waals surface area (Å²) in [5.74, 6) is 0.227. The lowest BCUT2D eigenvalue weighted by atomic mass is 10.2. The second-order valence-corrected chi connectivity index (χ2v) is 7.11. The van der Waals surface area contributed by atoms with Gasteiger partial charge in [0.1, 0.15) is 5.82 Å². The number of non-ortho nitro benzene ring substituents is 1. The van der Waals surface area contributed by atoms with E-state index in [0.29, 0.717) is 11.3 Å². The van der Waals surface area contributed by atoms with Crippen LogP contribution in [0.4, 0.5) is 17.2 Å². The van der Waals surface area contributed by atoms with E-state index in [4.69, 9.17) is 0 Å². The van der Waals surface area contributed by atoms with Crippen LogP contribution in [-0.2, 0) is 10.0 Å². The fourth-order valence-electron chi connectivity index (χ4n) is 2.20.